The van der Waals surface area contributed by atoms with Crippen molar-refractivity contribution in [3.63, 3.8) is 0 Å². The van der Waals surface area contributed by atoms with Gasteiger partial charge in [-0.05, 0) is 71.8 Å². The lowest BCUT2D eigenvalue weighted by Gasteiger charge is -2.16. The Morgan fingerprint density at radius 2 is 1.90 bits per heavy atom. The van der Waals surface area contributed by atoms with Crippen molar-refractivity contribution in [2.45, 2.75) is 25.9 Å². The Morgan fingerprint density at radius 1 is 1.16 bits per heavy atom. The topological polar surface area (TPSA) is 46.5 Å². The average Bonchev–Trinajstić information content (AvgIpc) is 3.32. The lowest BCUT2D eigenvalue weighted by molar-refractivity contribution is -0.139. The molecule has 5 rings (SSSR count). The van der Waals surface area contributed by atoms with Crippen LogP contribution in [0.5, 0.6) is 5.75 Å². The van der Waals surface area contributed by atoms with E-state index in [4.69, 9.17) is 27.9 Å². The molecule has 0 heterocycles. The van der Waals surface area contributed by atoms with Gasteiger partial charge in [-0.2, -0.15) is 0 Å². The van der Waals surface area contributed by atoms with Crippen molar-refractivity contribution in [3.8, 4) is 16.9 Å². The third kappa shape index (κ3) is 3.38. The van der Waals surface area contributed by atoms with Gasteiger partial charge in [0.1, 0.15) is 18.2 Å². The van der Waals surface area contributed by atoms with E-state index in [-0.39, 0.29) is 30.2 Å². The Hall–Kier alpha value is -2.56. The van der Waals surface area contributed by atoms with Gasteiger partial charge in [0.15, 0.2) is 0 Å². The van der Waals surface area contributed by atoms with Crippen molar-refractivity contribution >= 4 is 29.2 Å². The molecule has 1 fully saturated rings. The normalized spacial score (nSPS) is 20.8. The Morgan fingerprint density at radius 3 is 2.61 bits per heavy atom. The van der Waals surface area contributed by atoms with Crippen LogP contribution < -0.4 is 4.74 Å². The summed E-state index contributed by atoms with van der Waals surface area (Å²) < 4.78 is 20.6. The molecule has 31 heavy (non-hydrogen) atoms. The van der Waals surface area contributed by atoms with Crippen molar-refractivity contribution in [1.82, 2.24) is 0 Å². The number of aliphatic carboxylic acids is 1. The fraction of sp³-hybridized carbons (Fsp3) is 0.240. The first-order valence-electron chi connectivity index (χ1n) is 10.1. The van der Waals surface area contributed by atoms with Gasteiger partial charge >= 0.3 is 5.97 Å². The van der Waals surface area contributed by atoms with Crippen LogP contribution in [0.15, 0.2) is 48.5 Å². The zero-order valence-corrected chi connectivity index (χ0v) is 18.2. The van der Waals surface area contributed by atoms with Gasteiger partial charge in [-0.25, -0.2) is 4.39 Å². The number of carbonyl (C=O) groups is 1. The summed E-state index contributed by atoms with van der Waals surface area (Å²) in [5, 5.41) is 10.3. The van der Waals surface area contributed by atoms with E-state index in [0.717, 1.165) is 28.7 Å². The summed E-state index contributed by atoms with van der Waals surface area (Å²) in [6, 6.07) is 14.1. The summed E-state index contributed by atoms with van der Waals surface area (Å²) in [7, 11) is 0. The molecule has 3 atom stereocenters. The minimum absolute atomic E-state index is 0.0664. The lowest BCUT2D eigenvalue weighted by atomic mass is 9.96. The highest BCUT2D eigenvalue weighted by Crippen LogP contribution is 2.61. The van der Waals surface area contributed by atoms with Crippen LogP contribution in [0.2, 0.25) is 10.0 Å². The summed E-state index contributed by atoms with van der Waals surface area (Å²) in [5.41, 5.74) is 4.84. The van der Waals surface area contributed by atoms with Crippen LogP contribution in [-0.4, -0.2) is 11.1 Å². The van der Waals surface area contributed by atoms with Gasteiger partial charge in [-0.1, -0.05) is 41.4 Å². The second-order valence-corrected chi connectivity index (χ2v) is 9.02. The molecule has 0 unspecified atom stereocenters. The van der Waals surface area contributed by atoms with Crippen LogP contribution in [0.3, 0.4) is 0 Å². The zero-order chi connectivity index (χ0) is 21.9. The molecule has 3 aromatic carbocycles. The minimum Gasteiger partial charge on any atom is -0.489 e. The molecule has 2 aliphatic rings. The van der Waals surface area contributed by atoms with Crippen molar-refractivity contribution in [3.05, 3.63) is 86.6 Å². The summed E-state index contributed by atoms with van der Waals surface area (Å²) in [4.78, 5) is 11.3. The molecular weight excluding hydrogens is 438 g/mol. The quantitative estimate of drug-likeness (QED) is 0.466. The number of carboxylic acids is 1. The molecule has 0 amide bonds. The molecule has 0 spiro atoms. The van der Waals surface area contributed by atoms with Gasteiger partial charge < -0.3 is 9.84 Å². The maximum absolute atomic E-state index is 14.6. The van der Waals surface area contributed by atoms with Gasteiger partial charge in [0, 0.05) is 27.1 Å². The number of ether oxygens (including phenoxy) is 1. The van der Waals surface area contributed by atoms with Gasteiger partial charge in [0.05, 0.1) is 5.92 Å². The third-order valence-electron chi connectivity index (χ3n) is 6.54. The van der Waals surface area contributed by atoms with E-state index >= 15 is 0 Å². The monoisotopic (exact) mass is 456 g/mol. The lowest BCUT2D eigenvalue weighted by Crippen LogP contribution is -2.06. The van der Waals surface area contributed by atoms with E-state index in [9.17, 15) is 14.3 Å². The smallest absolute Gasteiger partial charge is 0.307 e. The molecule has 3 nitrogen and oxygen atoms in total. The highest BCUT2D eigenvalue weighted by molar-refractivity contribution is 6.39. The molecule has 0 aliphatic heterocycles. The molecule has 158 valence electrons. The number of halogens is 3. The molecule has 3 aromatic rings. The molecule has 2 aliphatic carbocycles. The van der Waals surface area contributed by atoms with E-state index in [1.54, 1.807) is 24.3 Å². The Bertz CT molecular complexity index is 1200. The van der Waals surface area contributed by atoms with Crippen molar-refractivity contribution < 1.29 is 19.0 Å². The second-order valence-electron chi connectivity index (χ2n) is 8.20. The number of fused-ring (bicyclic) bond motifs is 3. The standard InChI is InChI=1S/C25H19Cl2FO3/c1-12-15(23-19(26)3-2-4-20(23)27)7-8-21(28)18(12)11-31-14-5-6-16-13(9-14)10-17-22(16)24(17)25(29)30/h2-9,17,22,24H,10-11H2,1H3,(H,29,30)/t17-,22+,24+/m1/s1. The van der Waals surface area contributed by atoms with Crippen molar-refractivity contribution in [2.75, 3.05) is 0 Å². The van der Waals surface area contributed by atoms with Gasteiger partial charge in [-0.3, -0.25) is 4.79 Å². The van der Waals surface area contributed by atoms with E-state index in [0.29, 0.717) is 26.9 Å². The zero-order valence-electron chi connectivity index (χ0n) is 16.7. The van der Waals surface area contributed by atoms with Gasteiger partial charge in [0.2, 0.25) is 0 Å². The summed E-state index contributed by atoms with van der Waals surface area (Å²) in [6.45, 7) is 1.90. The van der Waals surface area contributed by atoms with Crippen LogP contribution in [0.25, 0.3) is 11.1 Å². The van der Waals surface area contributed by atoms with Crippen LogP contribution in [0, 0.1) is 24.6 Å². The van der Waals surface area contributed by atoms with Crippen LogP contribution in [0.4, 0.5) is 4.39 Å². The first kappa shape index (κ1) is 20.3. The third-order valence-corrected chi connectivity index (χ3v) is 7.17. The van der Waals surface area contributed by atoms with Crippen LogP contribution in [0.1, 0.15) is 28.2 Å². The molecular formula is C25H19Cl2FO3. The minimum atomic E-state index is -0.717. The number of carboxylic acid groups (broad SMARTS) is 1. The van der Waals surface area contributed by atoms with Crippen molar-refractivity contribution in [1.29, 1.82) is 0 Å². The predicted octanol–water partition coefficient (Wildman–Crippen LogP) is 6.66. The molecule has 0 aromatic heterocycles. The first-order chi connectivity index (χ1) is 14.9. The second kappa shape index (κ2) is 7.54. The van der Waals surface area contributed by atoms with E-state index in [2.05, 4.69) is 0 Å². The highest BCUT2D eigenvalue weighted by Gasteiger charge is 2.59. The molecule has 0 saturated heterocycles. The van der Waals surface area contributed by atoms with E-state index < -0.39 is 5.97 Å². The fourth-order valence-electron chi connectivity index (χ4n) is 4.90. The number of rotatable bonds is 5. The molecule has 6 heteroatoms. The number of hydrogen-bond acceptors (Lipinski definition) is 2. The van der Waals surface area contributed by atoms with Crippen LogP contribution in [-0.2, 0) is 17.8 Å². The van der Waals surface area contributed by atoms with E-state index in [1.165, 1.54) is 6.07 Å². The molecule has 0 bridgehead atoms. The van der Waals surface area contributed by atoms with E-state index in [1.807, 2.05) is 25.1 Å². The molecule has 1 saturated carbocycles. The SMILES string of the molecule is Cc1c(-c2c(Cl)cccc2Cl)ccc(F)c1COc1ccc2c(c1)C[C@H]1[C@H](C(=O)O)[C@@H]21. The predicted molar refractivity (Wildman–Crippen MR) is 118 cm³/mol. The molecule has 0 radical (unpaired) electrons. The Labute approximate surface area is 189 Å². The number of benzene rings is 3. The summed E-state index contributed by atoms with van der Waals surface area (Å²) in [5.74, 6) is -0.360. The average molecular weight is 457 g/mol. The summed E-state index contributed by atoms with van der Waals surface area (Å²) >= 11 is 12.7. The maximum atomic E-state index is 14.6. The first-order valence-corrected chi connectivity index (χ1v) is 10.8. The Balaban J connectivity index is 1.39. The molecule has 1 N–H and O–H groups in total. The largest absolute Gasteiger partial charge is 0.489 e. The highest BCUT2D eigenvalue weighted by atomic mass is 35.5. The summed E-state index contributed by atoms with van der Waals surface area (Å²) in [6.07, 6.45) is 0.752. The fourth-order valence-corrected chi connectivity index (χ4v) is 5.50. The van der Waals surface area contributed by atoms with Gasteiger partial charge in [-0.15, -0.1) is 0 Å². The van der Waals surface area contributed by atoms with Gasteiger partial charge in [0.25, 0.3) is 0 Å². The Kier molecular flexibility index (Phi) is 4.95. The number of hydrogen-bond donors (Lipinski definition) is 1. The van der Waals surface area contributed by atoms with Crippen molar-refractivity contribution in [2.24, 2.45) is 11.8 Å². The maximum Gasteiger partial charge on any atom is 0.307 e. The van der Waals surface area contributed by atoms with Crippen LogP contribution >= 0.6 is 23.2 Å².